The SMILES string of the molecule is Cc1cccnc1NCc1c(C)noc1C. The molecule has 4 nitrogen and oxygen atoms in total. The lowest BCUT2D eigenvalue weighted by Gasteiger charge is -2.07. The fraction of sp³-hybridized carbons (Fsp3) is 0.333. The normalized spacial score (nSPS) is 10.4. The number of pyridine rings is 1. The maximum atomic E-state index is 5.10. The molecule has 0 aliphatic heterocycles. The van der Waals surface area contributed by atoms with Crippen LogP contribution in [0.1, 0.15) is 22.6 Å². The first-order valence-corrected chi connectivity index (χ1v) is 5.25. The highest BCUT2D eigenvalue weighted by Gasteiger charge is 2.08. The van der Waals surface area contributed by atoms with Gasteiger partial charge in [0.1, 0.15) is 11.6 Å². The molecule has 0 aliphatic carbocycles. The van der Waals surface area contributed by atoms with E-state index in [2.05, 4.69) is 15.5 Å². The summed E-state index contributed by atoms with van der Waals surface area (Å²) in [7, 11) is 0. The molecule has 4 heteroatoms. The summed E-state index contributed by atoms with van der Waals surface area (Å²) in [5, 5.41) is 7.20. The van der Waals surface area contributed by atoms with Crippen molar-refractivity contribution in [3.8, 4) is 0 Å². The molecule has 2 aromatic heterocycles. The lowest BCUT2D eigenvalue weighted by atomic mass is 10.2. The van der Waals surface area contributed by atoms with Crippen LogP contribution in [0.4, 0.5) is 5.82 Å². The Morgan fingerprint density at radius 2 is 2.12 bits per heavy atom. The molecule has 84 valence electrons. The zero-order valence-electron chi connectivity index (χ0n) is 9.74. The van der Waals surface area contributed by atoms with Gasteiger partial charge in [-0.3, -0.25) is 0 Å². The van der Waals surface area contributed by atoms with Crippen LogP contribution >= 0.6 is 0 Å². The zero-order valence-corrected chi connectivity index (χ0v) is 9.74. The number of aryl methyl sites for hydroxylation is 3. The Bertz CT molecular complexity index is 471. The van der Waals surface area contributed by atoms with E-state index in [0.717, 1.165) is 28.4 Å². The van der Waals surface area contributed by atoms with Crippen molar-refractivity contribution in [2.45, 2.75) is 27.3 Å². The quantitative estimate of drug-likeness (QED) is 0.858. The smallest absolute Gasteiger partial charge is 0.138 e. The van der Waals surface area contributed by atoms with Crippen LogP contribution in [-0.2, 0) is 6.54 Å². The summed E-state index contributed by atoms with van der Waals surface area (Å²) < 4.78 is 5.10. The number of anilines is 1. The van der Waals surface area contributed by atoms with Gasteiger partial charge in [-0.1, -0.05) is 11.2 Å². The Hall–Kier alpha value is -1.84. The van der Waals surface area contributed by atoms with Gasteiger partial charge in [-0.25, -0.2) is 4.98 Å². The highest BCUT2D eigenvalue weighted by atomic mass is 16.5. The topological polar surface area (TPSA) is 51.0 Å². The van der Waals surface area contributed by atoms with Crippen LogP contribution in [0.2, 0.25) is 0 Å². The van der Waals surface area contributed by atoms with Gasteiger partial charge in [-0.05, 0) is 32.4 Å². The third-order valence-corrected chi connectivity index (χ3v) is 2.62. The van der Waals surface area contributed by atoms with Gasteiger partial charge in [0.05, 0.1) is 5.69 Å². The summed E-state index contributed by atoms with van der Waals surface area (Å²) >= 11 is 0. The molecule has 0 radical (unpaired) electrons. The molecule has 0 amide bonds. The van der Waals surface area contributed by atoms with E-state index in [4.69, 9.17) is 4.52 Å². The predicted octanol–water partition coefficient (Wildman–Crippen LogP) is 2.61. The highest BCUT2D eigenvalue weighted by molar-refractivity contribution is 5.43. The molecule has 0 spiro atoms. The first-order valence-electron chi connectivity index (χ1n) is 5.25. The van der Waals surface area contributed by atoms with Crippen molar-refractivity contribution in [3.05, 3.63) is 40.9 Å². The van der Waals surface area contributed by atoms with Crippen molar-refractivity contribution < 1.29 is 4.52 Å². The first kappa shape index (κ1) is 10.7. The minimum Gasteiger partial charge on any atom is -0.366 e. The molecule has 0 fully saturated rings. The summed E-state index contributed by atoms with van der Waals surface area (Å²) in [5.74, 6) is 1.76. The summed E-state index contributed by atoms with van der Waals surface area (Å²) in [6.45, 7) is 6.59. The molecular formula is C12H15N3O. The molecule has 2 aromatic rings. The minimum atomic E-state index is 0.693. The summed E-state index contributed by atoms with van der Waals surface area (Å²) in [5.41, 5.74) is 3.16. The van der Waals surface area contributed by atoms with Crippen molar-refractivity contribution in [1.82, 2.24) is 10.1 Å². The third kappa shape index (κ3) is 2.05. The Morgan fingerprint density at radius 1 is 1.31 bits per heavy atom. The van der Waals surface area contributed by atoms with Gasteiger partial charge in [0, 0.05) is 18.3 Å². The van der Waals surface area contributed by atoms with E-state index in [-0.39, 0.29) is 0 Å². The van der Waals surface area contributed by atoms with E-state index in [9.17, 15) is 0 Å². The van der Waals surface area contributed by atoms with Gasteiger partial charge in [0.25, 0.3) is 0 Å². The van der Waals surface area contributed by atoms with Crippen molar-refractivity contribution in [3.63, 3.8) is 0 Å². The van der Waals surface area contributed by atoms with Crippen LogP contribution < -0.4 is 5.32 Å². The van der Waals surface area contributed by atoms with Gasteiger partial charge in [-0.2, -0.15) is 0 Å². The fourth-order valence-corrected chi connectivity index (χ4v) is 1.60. The lowest BCUT2D eigenvalue weighted by Crippen LogP contribution is -2.04. The van der Waals surface area contributed by atoms with E-state index >= 15 is 0 Å². The molecule has 0 saturated carbocycles. The number of aromatic nitrogens is 2. The minimum absolute atomic E-state index is 0.693. The predicted molar refractivity (Wildman–Crippen MR) is 62.3 cm³/mol. The third-order valence-electron chi connectivity index (χ3n) is 2.62. The lowest BCUT2D eigenvalue weighted by molar-refractivity contribution is 0.392. The number of hydrogen-bond donors (Lipinski definition) is 1. The molecule has 0 atom stereocenters. The second-order valence-electron chi connectivity index (χ2n) is 3.83. The summed E-state index contributed by atoms with van der Waals surface area (Å²) in [6.07, 6.45) is 1.78. The van der Waals surface area contributed by atoms with Crippen LogP contribution in [0.15, 0.2) is 22.9 Å². The number of hydrogen-bond acceptors (Lipinski definition) is 4. The second kappa shape index (κ2) is 4.35. The van der Waals surface area contributed by atoms with Crippen molar-refractivity contribution >= 4 is 5.82 Å². The van der Waals surface area contributed by atoms with Gasteiger partial charge in [0.15, 0.2) is 0 Å². The van der Waals surface area contributed by atoms with Gasteiger partial charge in [-0.15, -0.1) is 0 Å². The maximum Gasteiger partial charge on any atom is 0.138 e. The number of nitrogens with zero attached hydrogens (tertiary/aromatic N) is 2. The Balaban J connectivity index is 2.11. The van der Waals surface area contributed by atoms with E-state index < -0.39 is 0 Å². The first-order chi connectivity index (χ1) is 7.68. The molecule has 2 heterocycles. The fourth-order valence-electron chi connectivity index (χ4n) is 1.60. The second-order valence-corrected chi connectivity index (χ2v) is 3.83. The van der Waals surface area contributed by atoms with E-state index in [1.165, 1.54) is 0 Å². The molecule has 0 aliphatic rings. The zero-order chi connectivity index (χ0) is 11.5. The van der Waals surface area contributed by atoms with Crippen molar-refractivity contribution in [2.24, 2.45) is 0 Å². The van der Waals surface area contributed by atoms with Crippen molar-refractivity contribution in [2.75, 3.05) is 5.32 Å². The van der Waals surface area contributed by atoms with Crippen LogP contribution in [-0.4, -0.2) is 10.1 Å². The van der Waals surface area contributed by atoms with E-state index in [0.29, 0.717) is 6.54 Å². The van der Waals surface area contributed by atoms with Gasteiger partial charge >= 0.3 is 0 Å². The van der Waals surface area contributed by atoms with Crippen LogP contribution in [0.25, 0.3) is 0 Å². The summed E-state index contributed by atoms with van der Waals surface area (Å²) in [6, 6.07) is 3.96. The maximum absolute atomic E-state index is 5.10. The Kier molecular flexibility index (Phi) is 2.90. The average molecular weight is 217 g/mol. The molecule has 0 bridgehead atoms. The Labute approximate surface area is 94.7 Å². The monoisotopic (exact) mass is 217 g/mol. The van der Waals surface area contributed by atoms with Gasteiger partial charge in [0.2, 0.25) is 0 Å². The molecule has 1 N–H and O–H groups in total. The Morgan fingerprint density at radius 3 is 2.75 bits per heavy atom. The standard InChI is InChI=1S/C12H15N3O/c1-8-5-4-6-13-12(8)14-7-11-9(2)15-16-10(11)3/h4-6H,7H2,1-3H3,(H,13,14). The molecule has 0 saturated heterocycles. The van der Waals surface area contributed by atoms with Crippen molar-refractivity contribution in [1.29, 1.82) is 0 Å². The molecule has 0 aromatic carbocycles. The molecule has 2 rings (SSSR count). The largest absolute Gasteiger partial charge is 0.366 e. The van der Waals surface area contributed by atoms with Crippen LogP contribution in [0.3, 0.4) is 0 Å². The number of nitrogens with one attached hydrogen (secondary N) is 1. The number of rotatable bonds is 3. The van der Waals surface area contributed by atoms with E-state index in [1.54, 1.807) is 6.20 Å². The molecule has 16 heavy (non-hydrogen) atoms. The van der Waals surface area contributed by atoms with Crippen LogP contribution in [0.5, 0.6) is 0 Å². The molecular weight excluding hydrogens is 202 g/mol. The van der Waals surface area contributed by atoms with E-state index in [1.807, 2.05) is 32.9 Å². The van der Waals surface area contributed by atoms with Crippen LogP contribution in [0, 0.1) is 20.8 Å². The molecule has 0 unspecified atom stereocenters. The van der Waals surface area contributed by atoms with Gasteiger partial charge < -0.3 is 9.84 Å². The average Bonchev–Trinajstić information content (AvgIpc) is 2.58. The summed E-state index contributed by atoms with van der Waals surface area (Å²) in [4.78, 5) is 4.27. The highest BCUT2D eigenvalue weighted by Crippen LogP contribution is 2.15.